The molecule has 1 N–H and O–H groups in total. The molecule has 1 aliphatic carbocycles. The standard InChI is InChI=1S/C15H14O3/c1-18-14-7-6-10(12-8-13(12)15(16)17)9-4-2-3-5-11(9)14/h2-7,12-13H,8H2,1H3,(H,16,17)/t12-,13+/m0/s1. The predicted octanol–water partition coefficient (Wildman–Crippen LogP) is 3.04. The molecule has 2 aromatic rings. The van der Waals surface area contributed by atoms with Gasteiger partial charge < -0.3 is 9.84 Å². The smallest absolute Gasteiger partial charge is 0.307 e. The van der Waals surface area contributed by atoms with Crippen molar-refractivity contribution in [2.24, 2.45) is 5.92 Å². The molecular weight excluding hydrogens is 228 g/mol. The molecular formula is C15H14O3. The third-order valence-electron chi connectivity index (χ3n) is 3.64. The number of methoxy groups -OCH3 is 1. The number of fused-ring (bicyclic) bond motifs is 1. The fourth-order valence-electron chi connectivity index (χ4n) is 2.61. The topological polar surface area (TPSA) is 46.5 Å². The van der Waals surface area contributed by atoms with Crippen LogP contribution in [-0.2, 0) is 4.79 Å². The molecule has 0 radical (unpaired) electrons. The molecule has 0 spiro atoms. The van der Waals surface area contributed by atoms with Crippen LogP contribution >= 0.6 is 0 Å². The molecule has 3 rings (SSSR count). The Hall–Kier alpha value is -2.03. The number of aliphatic carboxylic acids is 1. The molecule has 18 heavy (non-hydrogen) atoms. The van der Waals surface area contributed by atoms with Gasteiger partial charge in [0.1, 0.15) is 5.75 Å². The van der Waals surface area contributed by atoms with E-state index in [1.807, 2.05) is 36.4 Å². The van der Waals surface area contributed by atoms with Crippen molar-refractivity contribution in [2.75, 3.05) is 7.11 Å². The SMILES string of the molecule is COc1ccc([C@@H]2C[C@H]2C(=O)O)c2ccccc12. The van der Waals surface area contributed by atoms with Gasteiger partial charge in [0.15, 0.2) is 0 Å². The van der Waals surface area contributed by atoms with E-state index < -0.39 is 5.97 Å². The Morgan fingerprint density at radius 2 is 1.94 bits per heavy atom. The van der Waals surface area contributed by atoms with E-state index >= 15 is 0 Å². The third-order valence-corrected chi connectivity index (χ3v) is 3.64. The van der Waals surface area contributed by atoms with Crippen molar-refractivity contribution in [1.82, 2.24) is 0 Å². The zero-order valence-corrected chi connectivity index (χ0v) is 10.1. The summed E-state index contributed by atoms with van der Waals surface area (Å²) in [5.41, 5.74) is 1.12. The number of rotatable bonds is 3. The summed E-state index contributed by atoms with van der Waals surface area (Å²) in [5, 5.41) is 11.2. The molecule has 1 saturated carbocycles. The molecule has 0 unspecified atom stereocenters. The predicted molar refractivity (Wildman–Crippen MR) is 69.0 cm³/mol. The number of hydrogen-bond acceptors (Lipinski definition) is 2. The maximum atomic E-state index is 11.0. The Bertz CT molecular complexity index is 618. The fourth-order valence-corrected chi connectivity index (χ4v) is 2.61. The number of hydrogen-bond donors (Lipinski definition) is 1. The maximum Gasteiger partial charge on any atom is 0.307 e. The zero-order chi connectivity index (χ0) is 12.7. The lowest BCUT2D eigenvalue weighted by atomic mass is 9.99. The molecule has 2 atom stereocenters. The Morgan fingerprint density at radius 1 is 1.22 bits per heavy atom. The second kappa shape index (κ2) is 4.02. The van der Waals surface area contributed by atoms with Gasteiger partial charge >= 0.3 is 5.97 Å². The Labute approximate surface area is 105 Å². The van der Waals surface area contributed by atoms with E-state index in [2.05, 4.69) is 0 Å². The van der Waals surface area contributed by atoms with E-state index in [9.17, 15) is 4.79 Å². The molecule has 2 aromatic carbocycles. The van der Waals surface area contributed by atoms with Gasteiger partial charge in [0.2, 0.25) is 0 Å². The van der Waals surface area contributed by atoms with Crippen LogP contribution in [0, 0.1) is 5.92 Å². The highest BCUT2D eigenvalue weighted by Gasteiger charge is 2.44. The molecule has 92 valence electrons. The van der Waals surface area contributed by atoms with Crippen molar-refractivity contribution in [3.63, 3.8) is 0 Å². The van der Waals surface area contributed by atoms with Crippen LogP contribution in [0.2, 0.25) is 0 Å². The van der Waals surface area contributed by atoms with Gasteiger partial charge in [0, 0.05) is 5.39 Å². The zero-order valence-electron chi connectivity index (χ0n) is 10.1. The first-order valence-electron chi connectivity index (χ1n) is 6.01. The van der Waals surface area contributed by atoms with Crippen LogP contribution in [0.3, 0.4) is 0 Å². The summed E-state index contributed by atoms with van der Waals surface area (Å²) < 4.78 is 5.34. The maximum absolute atomic E-state index is 11.0. The van der Waals surface area contributed by atoms with Crippen molar-refractivity contribution >= 4 is 16.7 Å². The van der Waals surface area contributed by atoms with Crippen LogP contribution in [0.25, 0.3) is 10.8 Å². The molecule has 0 aromatic heterocycles. The average Bonchev–Trinajstić information content (AvgIpc) is 3.17. The van der Waals surface area contributed by atoms with Crippen LogP contribution in [0.1, 0.15) is 17.9 Å². The van der Waals surface area contributed by atoms with Crippen molar-refractivity contribution in [3.05, 3.63) is 42.0 Å². The number of benzene rings is 2. The second-order valence-electron chi connectivity index (χ2n) is 4.69. The summed E-state index contributed by atoms with van der Waals surface area (Å²) >= 11 is 0. The fraction of sp³-hybridized carbons (Fsp3) is 0.267. The quantitative estimate of drug-likeness (QED) is 0.899. The Morgan fingerprint density at radius 3 is 2.56 bits per heavy atom. The van der Waals surface area contributed by atoms with Crippen molar-refractivity contribution < 1.29 is 14.6 Å². The minimum absolute atomic E-state index is 0.151. The number of carboxylic acid groups (broad SMARTS) is 1. The van der Waals surface area contributed by atoms with E-state index in [-0.39, 0.29) is 11.8 Å². The van der Waals surface area contributed by atoms with E-state index in [0.717, 1.165) is 28.5 Å². The highest BCUT2D eigenvalue weighted by atomic mass is 16.5. The van der Waals surface area contributed by atoms with Crippen LogP contribution in [-0.4, -0.2) is 18.2 Å². The van der Waals surface area contributed by atoms with Crippen molar-refractivity contribution in [3.8, 4) is 5.75 Å². The molecule has 3 heteroatoms. The largest absolute Gasteiger partial charge is 0.496 e. The summed E-state index contributed by atoms with van der Waals surface area (Å²) in [4.78, 5) is 11.0. The highest BCUT2D eigenvalue weighted by molar-refractivity contribution is 5.92. The van der Waals surface area contributed by atoms with E-state index in [1.54, 1.807) is 7.11 Å². The van der Waals surface area contributed by atoms with E-state index in [1.165, 1.54) is 0 Å². The van der Waals surface area contributed by atoms with Gasteiger partial charge in [-0.15, -0.1) is 0 Å². The van der Waals surface area contributed by atoms with Gasteiger partial charge in [-0.05, 0) is 29.4 Å². The van der Waals surface area contributed by atoms with Gasteiger partial charge in [-0.2, -0.15) is 0 Å². The lowest BCUT2D eigenvalue weighted by molar-refractivity contribution is -0.138. The first kappa shape index (κ1) is 11.1. The molecule has 1 fully saturated rings. The normalized spacial score (nSPS) is 21.8. The molecule has 3 nitrogen and oxygen atoms in total. The lowest BCUT2D eigenvalue weighted by Crippen LogP contribution is -1.99. The van der Waals surface area contributed by atoms with Crippen LogP contribution in [0.5, 0.6) is 5.75 Å². The van der Waals surface area contributed by atoms with Gasteiger partial charge in [0.25, 0.3) is 0 Å². The molecule has 1 aliphatic rings. The number of carbonyl (C=O) groups is 1. The molecule has 0 aliphatic heterocycles. The summed E-state index contributed by atoms with van der Waals surface area (Å²) in [5.74, 6) is 0.0712. The second-order valence-corrected chi connectivity index (χ2v) is 4.69. The summed E-state index contributed by atoms with van der Waals surface area (Å²) in [6.07, 6.45) is 0.742. The Balaban J connectivity index is 2.12. The summed E-state index contributed by atoms with van der Waals surface area (Å²) in [6.45, 7) is 0. The minimum Gasteiger partial charge on any atom is -0.496 e. The first-order chi connectivity index (χ1) is 8.72. The van der Waals surface area contributed by atoms with Gasteiger partial charge in [-0.1, -0.05) is 30.3 Å². The van der Waals surface area contributed by atoms with Crippen LogP contribution < -0.4 is 4.74 Å². The van der Waals surface area contributed by atoms with Crippen LogP contribution in [0.15, 0.2) is 36.4 Å². The Kier molecular flexibility index (Phi) is 2.47. The van der Waals surface area contributed by atoms with Gasteiger partial charge in [0.05, 0.1) is 13.0 Å². The minimum atomic E-state index is -0.695. The molecule has 0 bridgehead atoms. The van der Waals surface area contributed by atoms with Crippen molar-refractivity contribution in [2.45, 2.75) is 12.3 Å². The molecule has 0 heterocycles. The van der Waals surface area contributed by atoms with E-state index in [4.69, 9.17) is 9.84 Å². The molecule has 0 saturated heterocycles. The van der Waals surface area contributed by atoms with Crippen LogP contribution in [0.4, 0.5) is 0 Å². The van der Waals surface area contributed by atoms with Crippen molar-refractivity contribution in [1.29, 1.82) is 0 Å². The monoisotopic (exact) mass is 242 g/mol. The van der Waals surface area contributed by atoms with Gasteiger partial charge in [-0.25, -0.2) is 0 Å². The average molecular weight is 242 g/mol. The summed E-state index contributed by atoms with van der Waals surface area (Å²) in [6, 6.07) is 11.9. The first-order valence-corrected chi connectivity index (χ1v) is 6.01. The molecule has 0 amide bonds. The lowest BCUT2D eigenvalue weighted by Gasteiger charge is -2.09. The highest BCUT2D eigenvalue weighted by Crippen LogP contribution is 2.50. The number of ether oxygens (including phenoxy) is 1. The van der Waals surface area contributed by atoms with Gasteiger partial charge in [-0.3, -0.25) is 4.79 Å². The van der Waals surface area contributed by atoms with E-state index in [0.29, 0.717) is 0 Å². The summed E-state index contributed by atoms with van der Waals surface area (Å²) in [7, 11) is 1.65. The number of carboxylic acids is 1. The third kappa shape index (κ3) is 1.63.